The van der Waals surface area contributed by atoms with Crippen molar-refractivity contribution in [3.8, 4) is 23.0 Å². The maximum Gasteiger partial charge on any atom is 0.175 e. The van der Waals surface area contributed by atoms with Crippen molar-refractivity contribution in [2.75, 3.05) is 20.3 Å². The summed E-state index contributed by atoms with van der Waals surface area (Å²) in [6, 6.07) is 10.7. The van der Waals surface area contributed by atoms with Crippen LogP contribution in [0.3, 0.4) is 0 Å². The summed E-state index contributed by atoms with van der Waals surface area (Å²) in [5.74, 6) is 3.00. The molecule has 0 unspecified atom stereocenters. The van der Waals surface area contributed by atoms with Gasteiger partial charge >= 0.3 is 0 Å². The summed E-state index contributed by atoms with van der Waals surface area (Å²) >= 11 is 3.65. The van der Waals surface area contributed by atoms with E-state index in [9.17, 15) is 0 Å². The molecule has 2 aromatic carbocycles. The van der Waals surface area contributed by atoms with Gasteiger partial charge in [0, 0.05) is 12.6 Å². The zero-order valence-electron chi connectivity index (χ0n) is 16.1. The molecule has 4 rings (SSSR count). The molecular weight excluding hydrogens is 422 g/mol. The van der Waals surface area contributed by atoms with E-state index >= 15 is 0 Å². The lowest BCUT2D eigenvalue weighted by atomic mass is 10.1. The molecule has 1 saturated carbocycles. The van der Waals surface area contributed by atoms with Crippen LogP contribution in [-0.4, -0.2) is 26.4 Å². The van der Waals surface area contributed by atoms with Crippen LogP contribution < -0.4 is 24.3 Å². The number of nitrogens with one attached hydrogen (secondary N) is 1. The van der Waals surface area contributed by atoms with Gasteiger partial charge in [0.1, 0.15) is 19.8 Å². The first-order valence-corrected chi connectivity index (χ1v) is 10.6. The van der Waals surface area contributed by atoms with Crippen molar-refractivity contribution in [1.82, 2.24) is 5.32 Å². The van der Waals surface area contributed by atoms with Gasteiger partial charge in [0.2, 0.25) is 0 Å². The molecule has 1 N–H and O–H groups in total. The molecule has 0 atom stereocenters. The Morgan fingerprint density at radius 2 is 1.82 bits per heavy atom. The van der Waals surface area contributed by atoms with Crippen LogP contribution in [0.15, 0.2) is 34.8 Å². The highest BCUT2D eigenvalue weighted by Crippen LogP contribution is 2.38. The van der Waals surface area contributed by atoms with E-state index in [-0.39, 0.29) is 0 Å². The van der Waals surface area contributed by atoms with Crippen LogP contribution in [0, 0.1) is 0 Å². The third-order valence-corrected chi connectivity index (χ3v) is 5.82. The Hall–Kier alpha value is -1.92. The summed E-state index contributed by atoms with van der Waals surface area (Å²) in [5.41, 5.74) is 2.20. The number of rotatable bonds is 7. The molecule has 0 spiro atoms. The molecule has 1 fully saturated rings. The first-order chi connectivity index (χ1) is 13.7. The third-order valence-electron chi connectivity index (χ3n) is 5.23. The molecule has 2 aliphatic rings. The summed E-state index contributed by atoms with van der Waals surface area (Å²) in [5, 5.41) is 3.64. The molecule has 0 bridgehead atoms. The number of hydrogen-bond donors (Lipinski definition) is 1. The number of ether oxygens (including phenoxy) is 4. The fourth-order valence-electron chi connectivity index (χ4n) is 3.74. The quantitative estimate of drug-likeness (QED) is 0.657. The monoisotopic (exact) mass is 447 g/mol. The van der Waals surface area contributed by atoms with Gasteiger partial charge in [-0.15, -0.1) is 0 Å². The fraction of sp³-hybridized carbons (Fsp3) is 0.455. The second-order valence-corrected chi connectivity index (χ2v) is 8.09. The van der Waals surface area contributed by atoms with E-state index in [0.717, 1.165) is 33.8 Å². The molecule has 0 aromatic heterocycles. The van der Waals surface area contributed by atoms with Crippen LogP contribution in [0.2, 0.25) is 0 Å². The molecule has 5 nitrogen and oxygen atoms in total. The summed E-state index contributed by atoms with van der Waals surface area (Å²) in [6.45, 7) is 2.43. The summed E-state index contributed by atoms with van der Waals surface area (Å²) < 4.78 is 23.8. The molecule has 1 aliphatic heterocycles. The molecule has 2 aromatic rings. The van der Waals surface area contributed by atoms with Gasteiger partial charge in [-0.1, -0.05) is 18.9 Å². The van der Waals surface area contributed by atoms with Gasteiger partial charge in [-0.05, 0) is 64.2 Å². The van der Waals surface area contributed by atoms with Crippen molar-refractivity contribution in [3.05, 3.63) is 45.9 Å². The number of benzene rings is 2. The fourth-order valence-corrected chi connectivity index (χ4v) is 4.34. The molecule has 0 radical (unpaired) electrons. The SMILES string of the molecule is COc1cc(CNC2CCCC2)cc(Br)c1OCc1ccc2c(c1)OCCO2. The van der Waals surface area contributed by atoms with Gasteiger partial charge < -0.3 is 24.3 Å². The lowest BCUT2D eigenvalue weighted by Crippen LogP contribution is -2.25. The van der Waals surface area contributed by atoms with Crippen LogP contribution in [-0.2, 0) is 13.2 Å². The predicted molar refractivity (Wildman–Crippen MR) is 112 cm³/mol. The van der Waals surface area contributed by atoms with Crippen molar-refractivity contribution >= 4 is 15.9 Å². The van der Waals surface area contributed by atoms with E-state index in [1.165, 1.54) is 31.2 Å². The number of fused-ring (bicyclic) bond motifs is 1. The Labute approximate surface area is 174 Å². The largest absolute Gasteiger partial charge is 0.493 e. The van der Waals surface area contributed by atoms with Gasteiger partial charge in [-0.2, -0.15) is 0 Å². The maximum atomic E-state index is 6.08. The molecule has 6 heteroatoms. The molecule has 28 heavy (non-hydrogen) atoms. The highest BCUT2D eigenvalue weighted by molar-refractivity contribution is 9.10. The minimum Gasteiger partial charge on any atom is -0.493 e. The van der Waals surface area contributed by atoms with Crippen molar-refractivity contribution < 1.29 is 18.9 Å². The molecule has 150 valence electrons. The normalized spacial score (nSPS) is 16.2. The number of methoxy groups -OCH3 is 1. The first-order valence-electron chi connectivity index (χ1n) is 9.84. The average Bonchev–Trinajstić information content (AvgIpc) is 3.24. The van der Waals surface area contributed by atoms with Gasteiger partial charge in [0.05, 0.1) is 11.6 Å². The highest BCUT2D eigenvalue weighted by Gasteiger charge is 2.17. The molecular formula is C22H26BrNO4. The predicted octanol–water partition coefficient (Wildman–Crippen LogP) is 4.84. The molecule has 0 saturated heterocycles. The summed E-state index contributed by atoms with van der Waals surface area (Å²) in [4.78, 5) is 0. The third kappa shape index (κ3) is 4.55. The van der Waals surface area contributed by atoms with Gasteiger partial charge in [0.25, 0.3) is 0 Å². The zero-order chi connectivity index (χ0) is 19.3. The first kappa shape index (κ1) is 19.4. The Bertz CT molecular complexity index is 820. The van der Waals surface area contributed by atoms with Crippen molar-refractivity contribution in [2.24, 2.45) is 0 Å². The minimum atomic E-state index is 0.422. The van der Waals surface area contributed by atoms with Crippen LogP contribution in [0.4, 0.5) is 0 Å². The van der Waals surface area contributed by atoms with E-state index in [2.05, 4.69) is 27.3 Å². The standard InChI is InChI=1S/C22H26BrNO4/c1-25-21-12-16(13-24-17-4-2-3-5-17)10-18(23)22(21)28-14-15-6-7-19-20(11-15)27-9-8-26-19/h6-7,10-12,17,24H,2-5,8-9,13-14H2,1H3. The van der Waals surface area contributed by atoms with Crippen LogP contribution >= 0.6 is 15.9 Å². The minimum absolute atomic E-state index is 0.422. The lowest BCUT2D eigenvalue weighted by molar-refractivity contribution is 0.171. The van der Waals surface area contributed by atoms with E-state index in [4.69, 9.17) is 18.9 Å². The highest BCUT2D eigenvalue weighted by atomic mass is 79.9. The van der Waals surface area contributed by atoms with Gasteiger partial charge in [-0.25, -0.2) is 0 Å². The van der Waals surface area contributed by atoms with Crippen LogP contribution in [0.1, 0.15) is 36.8 Å². The van der Waals surface area contributed by atoms with Crippen molar-refractivity contribution in [3.63, 3.8) is 0 Å². The maximum absolute atomic E-state index is 6.08. The number of halogens is 1. The van der Waals surface area contributed by atoms with E-state index < -0.39 is 0 Å². The summed E-state index contributed by atoms with van der Waals surface area (Å²) in [7, 11) is 1.67. The Balaban J connectivity index is 1.43. The van der Waals surface area contributed by atoms with Gasteiger partial charge in [0.15, 0.2) is 23.0 Å². The lowest BCUT2D eigenvalue weighted by Gasteiger charge is -2.19. The second kappa shape index (κ2) is 9.05. The number of hydrogen-bond acceptors (Lipinski definition) is 5. The van der Waals surface area contributed by atoms with E-state index in [1.54, 1.807) is 7.11 Å². The smallest absolute Gasteiger partial charge is 0.175 e. The average molecular weight is 448 g/mol. The Morgan fingerprint density at radius 1 is 1.04 bits per heavy atom. The van der Waals surface area contributed by atoms with Crippen LogP contribution in [0.5, 0.6) is 23.0 Å². The molecule has 1 heterocycles. The van der Waals surface area contributed by atoms with Crippen molar-refractivity contribution in [1.29, 1.82) is 0 Å². The molecule has 1 aliphatic carbocycles. The molecule has 0 amide bonds. The van der Waals surface area contributed by atoms with Crippen molar-refractivity contribution in [2.45, 2.75) is 44.9 Å². The van der Waals surface area contributed by atoms with Gasteiger partial charge in [-0.3, -0.25) is 0 Å². The second-order valence-electron chi connectivity index (χ2n) is 7.24. The van der Waals surface area contributed by atoms with Crippen LogP contribution in [0.25, 0.3) is 0 Å². The van der Waals surface area contributed by atoms with E-state index in [1.807, 2.05) is 24.3 Å². The topological polar surface area (TPSA) is 49.0 Å². The Morgan fingerprint density at radius 3 is 2.61 bits per heavy atom. The van der Waals surface area contributed by atoms with E-state index in [0.29, 0.717) is 31.6 Å². The Kier molecular flexibility index (Phi) is 6.27. The summed E-state index contributed by atoms with van der Waals surface area (Å²) in [6.07, 6.45) is 5.21. The zero-order valence-corrected chi connectivity index (χ0v) is 17.7.